The molecule has 1 unspecified atom stereocenters. The number of rotatable bonds is 4. The highest BCUT2D eigenvalue weighted by molar-refractivity contribution is 9.10. The first-order valence-electron chi connectivity index (χ1n) is 5.35. The van der Waals surface area contributed by atoms with Gasteiger partial charge in [-0.15, -0.1) is 0 Å². The second kappa shape index (κ2) is 5.48. The van der Waals surface area contributed by atoms with Gasteiger partial charge in [0.25, 0.3) is 0 Å². The Kier molecular flexibility index (Phi) is 4.54. The molecule has 0 N–H and O–H groups in total. The lowest BCUT2D eigenvalue weighted by atomic mass is 9.92. The minimum Gasteiger partial charge on any atom is -0.496 e. The fourth-order valence-electron chi connectivity index (χ4n) is 1.90. The van der Waals surface area contributed by atoms with Crippen LogP contribution >= 0.6 is 15.9 Å². The smallest absolute Gasteiger partial charge is 0.137 e. The molecule has 16 heavy (non-hydrogen) atoms. The summed E-state index contributed by atoms with van der Waals surface area (Å²) in [5.74, 6) is 1.01. The van der Waals surface area contributed by atoms with E-state index in [2.05, 4.69) is 15.9 Å². The van der Waals surface area contributed by atoms with Crippen molar-refractivity contribution in [2.24, 2.45) is 0 Å². The predicted molar refractivity (Wildman–Crippen MR) is 69.1 cm³/mol. The van der Waals surface area contributed by atoms with Gasteiger partial charge in [-0.05, 0) is 37.5 Å². The number of benzene rings is 1. The van der Waals surface area contributed by atoms with Crippen molar-refractivity contribution in [1.82, 2.24) is 0 Å². The number of carbonyl (C=O) groups excluding carboxylic acids is 1. The first-order valence-corrected chi connectivity index (χ1v) is 6.15. The van der Waals surface area contributed by atoms with Crippen LogP contribution in [0.1, 0.15) is 37.3 Å². The molecule has 0 aromatic heterocycles. The molecule has 0 saturated carbocycles. The summed E-state index contributed by atoms with van der Waals surface area (Å²) >= 11 is 3.50. The van der Waals surface area contributed by atoms with Gasteiger partial charge in [-0.3, -0.25) is 4.79 Å². The largest absolute Gasteiger partial charge is 0.496 e. The van der Waals surface area contributed by atoms with Crippen molar-refractivity contribution >= 4 is 21.7 Å². The number of halogens is 1. The van der Waals surface area contributed by atoms with E-state index in [1.165, 1.54) is 0 Å². The fraction of sp³-hybridized carbons (Fsp3) is 0.462. The summed E-state index contributed by atoms with van der Waals surface area (Å²) in [4.78, 5) is 11.5. The summed E-state index contributed by atoms with van der Waals surface area (Å²) in [6, 6.07) is 3.95. The van der Waals surface area contributed by atoms with Gasteiger partial charge in [-0.2, -0.15) is 0 Å². The Morgan fingerprint density at radius 1 is 1.50 bits per heavy atom. The Hall–Kier alpha value is -0.830. The Morgan fingerprint density at radius 3 is 2.56 bits per heavy atom. The normalized spacial score (nSPS) is 12.3. The van der Waals surface area contributed by atoms with Crippen LogP contribution in [0.4, 0.5) is 0 Å². The fourth-order valence-corrected chi connectivity index (χ4v) is 2.50. The molecule has 0 radical (unpaired) electrons. The Bertz CT molecular complexity index is 399. The first kappa shape index (κ1) is 13.2. The van der Waals surface area contributed by atoms with Crippen molar-refractivity contribution in [3.05, 3.63) is 27.7 Å². The molecule has 0 spiro atoms. The molecule has 0 aliphatic carbocycles. The molecular formula is C13H17BrO2. The van der Waals surface area contributed by atoms with E-state index in [9.17, 15) is 4.79 Å². The SMILES string of the molecule is CCC(C(C)=O)c1cc(C)c(OC)cc1Br. The summed E-state index contributed by atoms with van der Waals surface area (Å²) < 4.78 is 6.18. The lowest BCUT2D eigenvalue weighted by Gasteiger charge is -2.16. The van der Waals surface area contributed by atoms with E-state index < -0.39 is 0 Å². The van der Waals surface area contributed by atoms with Crippen molar-refractivity contribution in [3.63, 3.8) is 0 Å². The number of Topliss-reactive ketones (excluding diaryl/α,β-unsaturated/α-hetero) is 1. The molecule has 0 aliphatic heterocycles. The molecule has 1 aromatic carbocycles. The van der Waals surface area contributed by atoms with Crippen LogP contribution in [0.5, 0.6) is 5.75 Å². The van der Waals surface area contributed by atoms with Gasteiger partial charge in [-0.25, -0.2) is 0 Å². The quantitative estimate of drug-likeness (QED) is 0.840. The molecule has 0 heterocycles. The third-order valence-electron chi connectivity index (χ3n) is 2.79. The van der Waals surface area contributed by atoms with E-state index in [0.29, 0.717) is 0 Å². The maximum atomic E-state index is 11.5. The maximum Gasteiger partial charge on any atom is 0.137 e. The van der Waals surface area contributed by atoms with Crippen LogP contribution in [0.25, 0.3) is 0 Å². The number of ketones is 1. The van der Waals surface area contributed by atoms with Gasteiger partial charge in [0, 0.05) is 10.4 Å². The third kappa shape index (κ3) is 2.64. The van der Waals surface area contributed by atoms with Gasteiger partial charge in [0.05, 0.1) is 7.11 Å². The molecule has 0 aliphatic rings. The zero-order chi connectivity index (χ0) is 12.3. The second-order valence-electron chi connectivity index (χ2n) is 3.91. The standard InChI is InChI=1S/C13H17BrO2/c1-5-10(9(3)15)11-6-8(2)13(16-4)7-12(11)14/h6-7,10H,5H2,1-4H3. The van der Waals surface area contributed by atoms with Crippen molar-refractivity contribution in [3.8, 4) is 5.75 Å². The monoisotopic (exact) mass is 284 g/mol. The van der Waals surface area contributed by atoms with Crippen LogP contribution in [0, 0.1) is 6.92 Å². The summed E-state index contributed by atoms with van der Waals surface area (Å²) in [6.45, 7) is 5.65. The molecule has 1 rings (SSSR count). The van der Waals surface area contributed by atoms with Crippen LogP contribution in [-0.4, -0.2) is 12.9 Å². The van der Waals surface area contributed by atoms with Crippen molar-refractivity contribution in [2.45, 2.75) is 33.1 Å². The number of hydrogen-bond donors (Lipinski definition) is 0. The van der Waals surface area contributed by atoms with Crippen LogP contribution in [-0.2, 0) is 4.79 Å². The number of carbonyl (C=O) groups is 1. The van der Waals surface area contributed by atoms with Gasteiger partial charge in [0.1, 0.15) is 11.5 Å². The maximum absolute atomic E-state index is 11.5. The van der Waals surface area contributed by atoms with E-state index in [-0.39, 0.29) is 11.7 Å². The first-order chi connectivity index (χ1) is 7.51. The lowest BCUT2D eigenvalue weighted by Crippen LogP contribution is -2.09. The summed E-state index contributed by atoms with van der Waals surface area (Å²) in [7, 11) is 1.65. The summed E-state index contributed by atoms with van der Waals surface area (Å²) in [6.07, 6.45) is 0.819. The van der Waals surface area contributed by atoms with Gasteiger partial charge >= 0.3 is 0 Å². The molecule has 2 nitrogen and oxygen atoms in total. The summed E-state index contributed by atoms with van der Waals surface area (Å²) in [5, 5.41) is 0. The highest BCUT2D eigenvalue weighted by Crippen LogP contribution is 2.33. The predicted octanol–water partition coefficient (Wildman–Crippen LogP) is 3.85. The van der Waals surface area contributed by atoms with E-state index >= 15 is 0 Å². The van der Waals surface area contributed by atoms with Crippen LogP contribution in [0.3, 0.4) is 0 Å². The van der Waals surface area contributed by atoms with Crippen LogP contribution in [0.2, 0.25) is 0 Å². The Balaban J connectivity index is 3.24. The van der Waals surface area contributed by atoms with E-state index in [1.807, 2.05) is 26.0 Å². The topological polar surface area (TPSA) is 26.3 Å². The Morgan fingerprint density at radius 2 is 2.12 bits per heavy atom. The van der Waals surface area contributed by atoms with Crippen LogP contribution in [0.15, 0.2) is 16.6 Å². The van der Waals surface area contributed by atoms with Crippen molar-refractivity contribution in [1.29, 1.82) is 0 Å². The molecule has 1 atom stereocenters. The molecular weight excluding hydrogens is 268 g/mol. The van der Waals surface area contributed by atoms with Crippen LogP contribution < -0.4 is 4.74 Å². The number of methoxy groups -OCH3 is 1. The summed E-state index contributed by atoms with van der Waals surface area (Å²) in [5.41, 5.74) is 2.11. The van der Waals surface area contributed by atoms with E-state index in [0.717, 1.165) is 27.8 Å². The zero-order valence-electron chi connectivity index (χ0n) is 10.1. The minimum atomic E-state index is -0.0287. The average Bonchev–Trinajstić information content (AvgIpc) is 2.23. The minimum absolute atomic E-state index is 0.0287. The van der Waals surface area contributed by atoms with Gasteiger partial charge < -0.3 is 4.74 Å². The number of hydrogen-bond acceptors (Lipinski definition) is 2. The average molecular weight is 285 g/mol. The lowest BCUT2D eigenvalue weighted by molar-refractivity contribution is -0.118. The van der Waals surface area contributed by atoms with Gasteiger partial charge in [0.15, 0.2) is 0 Å². The Labute approximate surface area is 105 Å². The molecule has 88 valence electrons. The highest BCUT2D eigenvalue weighted by atomic mass is 79.9. The van der Waals surface area contributed by atoms with Crippen molar-refractivity contribution in [2.75, 3.05) is 7.11 Å². The third-order valence-corrected chi connectivity index (χ3v) is 3.48. The highest BCUT2D eigenvalue weighted by Gasteiger charge is 2.18. The molecule has 0 bridgehead atoms. The molecule has 0 fully saturated rings. The molecule has 3 heteroatoms. The number of aryl methyl sites for hydroxylation is 1. The molecule has 1 aromatic rings. The number of ether oxygens (including phenoxy) is 1. The van der Waals surface area contributed by atoms with Gasteiger partial charge in [-0.1, -0.05) is 28.9 Å². The molecule has 0 saturated heterocycles. The van der Waals surface area contributed by atoms with Gasteiger partial charge in [0.2, 0.25) is 0 Å². The van der Waals surface area contributed by atoms with E-state index in [4.69, 9.17) is 4.74 Å². The van der Waals surface area contributed by atoms with Crippen molar-refractivity contribution < 1.29 is 9.53 Å². The van der Waals surface area contributed by atoms with E-state index in [1.54, 1.807) is 14.0 Å². The molecule has 0 amide bonds. The second-order valence-corrected chi connectivity index (χ2v) is 4.77. The zero-order valence-corrected chi connectivity index (χ0v) is 11.7.